The molecule has 5 nitrogen and oxygen atoms in total. The number of anilines is 1. The summed E-state index contributed by atoms with van der Waals surface area (Å²) in [4.78, 5) is 14.3. The van der Waals surface area contributed by atoms with Gasteiger partial charge in [0.25, 0.3) is 0 Å². The van der Waals surface area contributed by atoms with Crippen LogP contribution in [0.25, 0.3) is 21.8 Å². The number of carbonyl (C=O) groups is 1. The number of carbonyl (C=O) groups excluding carboxylic acids is 1. The van der Waals surface area contributed by atoms with Crippen molar-refractivity contribution in [3.05, 3.63) is 29.8 Å². The van der Waals surface area contributed by atoms with E-state index in [1.807, 2.05) is 17.0 Å². The molecule has 0 saturated heterocycles. The molecule has 1 aliphatic heterocycles. The normalized spacial score (nSPS) is 15.9. The number of benzene rings is 2. The third-order valence-corrected chi connectivity index (χ3v) is 5.92. The number of para-hydroxylation sites is 1. The maximum atomic E-state index is 12.5. The average Bonchev–Trinajstić information content (AvgIpc) is 2.93. The Kier molecular flexibility index (Phi) is 3.88. The number of aromatic nitrogens is 1. The van der Waals surface area contributed by atoms with Gasteiger partial charge in [-0.25, -0.2) is 0 Å². The average molecular weight is 366 g/mol. The van der Waals surface area contributed by atoms with Gasteiger partial charge in [-0.15, -0.1) is 0 Å². The van der Waals surface area contributed by atoms with Gasteiger partial charge in [0, 0.05) is 37.0 Å². The van der Waals surface area contributed by atoms with Crippen LogP contribution in [0.15, 0.2) is 24.3 Å². The third kappa shape index (κ3) is 2.27. The summed E-state index contributed by atoms with van der Waals surface area (Å²) >= 11 is 0. The standard InChI is InChI=1S/C22H26N2O3/c1-13(25)24-12-11-22(2,3)17-19(24)20(26-5)16-14-9-7-8-10-15(14)23(4)18(16)21(17)27-6/h7-10H,11-12H2,1-6H3. The first-order chi connectivity index (χ1) is 12.8. The van der Waals surface area contributed by atoms with Crippen LogP contribution in [0.5, 0.6) is 11.5 Å². The third-order valence-electron chi connectivity index (χ3n) is 5.92. The second-order valence-corrected chi connectivity index (χ2v) is 7.89. The highest BCUT2D eigenvalue weighted by atomic mass is 16.5. The number of methoxy groups -OCH3 is 2. The molecule has 1 aromatic heterocycles. The first kappa shape index (κ1) is 17.7. The van der Waals surface area contributed by atoms with Gasteiger partial charge in [0.2, 0.25) is 5.91 Å². The van der Waals surface area contributed by atoms with Crippen LogP contribution in [0.1, 0.15) is 32.8 Å². The Morgan fingerprint density at radius 1 is 1.11 bits per heavy atom. The second kappa shape index (κ2) is 5.91. The van der Waals surface area contributed by atoms with Crippen LogP contribution in [-0.4, -0.2) is 31.2 Å². The zero-order chi connectivity index (χ0) is 19.5. The van der Waals surface area contributed by atoms with Crippen molar-refractivity contribution >= 4 is 33.4 Å². The lowest BCUT2D eigenvalue weighted by atomic mass is 9.76. The molecule has 0 saturated carbocycles. The van der Waals surface area contributed by atoms with Gasteiger partial charge in [-0.1, -0.05) is 32.0 Å². The predicted octanol–water partition coefficient (Wildman–Crippen LogP) is 4.38. The summed E-state index contributed by atoms with van der Waals surface area (Å²) in [6.45, 7) is 6.70. The van der Waals surface area contributed by atoms with E-state index in [0.717, 1.165) is 51.0 Å². The lowest BCUT2D eigenvalue weighted by molar-refractivity contribution is -0.116. The lowest BCUT2D eigenvalue weighted by Crippen LogP contribution is -2.40. The molecule has 1 amide bonds. The number of fused-ring (bicyclic) bond motifs is 4. The van der Waals surface area contributed by atoms with Gasteiger partial charge in [-0.2, -0.15) is 0 Å². The molecule has 0 unspecified atom stereocenters. The predicted molar refractivity (Wildman–Crippen MR) is 109 cm³/mol. The molecule has 0 bridgehead atoms. The molecule has 2 aromatic carbocycles. The van der Waals surface area contributed by atoms with Crippen molar-refractivity contribution in [1.29, 1.82) is 0 Å². The monoisotopic (exact) mass is 366 g/mol. The van der Waals surface area contributed by atoms with Crippen molar-refractivity contribution in [2.75, 3.05) is 25.7 Å². The van der Waals surface area contributed by atoms with E-state index in [-0.39, 0.29) is 11.3 Å². The van der Waals surface area contributed by atoms with Crippen LogP contribution in [0.3, 0.4) is 0 Å². The molecule has 142 valence electrons. The lowest BCUT2D eigenvalue weighted by Gasteiger charge is -2.40. The van der Waals surface area contributed by atoms with Crippen LogP contribution in [0.2, 0.25) is 0 Å². The molecule has 5 heteroatoms. The van der Waals surface area contributed by atoms with E-state index < -0.39 is 0 Å². The summed E-state index contributed by atoms with van der Waals surface area (Å²) in [7, 11) is 5.45. The summed E-state index contributed by atoms with van der Waals surface area (Å²) in [5, 5.41) is 2.09. The quantitative estimate of drug-likeness (QED) is 0.676. The molecule has 2 heterocycles. The van der Waals surface area contributed by atoms with E-state index in [0.29, 0.717) is 6.54 Å². The number of nitrogens with zero attached hydrogens (tertiary/aromatic N) is 2. The number of hydrogen-bond donors (Lipinski definition) is 0. The maximum Gasteiger partial charge on any atom is 0.223 e. The molecule has 0 fully saturated rings. The molecule has 0 spiro atoms. The van der Waals surface area contributed by atoms with Crippen molar-refractivity contribution in [2.24, 2.45) is 7.05 Å². The SMILES string of the molecule is COc1c2c(c(OC)c3c1c1ccccc1n3C)C(C)(C)CCN2C(C)=O. The summed E-state index contributed by atoms with van der Waals surface area (Å²) in [6, 6.07) is 8.25. The van der Waals surface area contributed by atoms with Crippen LogP contribution in [0, 0.1) is 0 Å². The molecule has 27 heavy (non-hydrogen) atoms. The van der Waals surface area contributed by atoms with Gasteiger partial charge < -0.3 is 18.9 Å². The topological polar surface area (TPSA) is 43.7 Å². The minimum atomic E-state index is -0.134. The van der Waals surface area contributed by atoms with Gasteiger partial charge in [0.1, 0.15) is 5.75 Å². The van der Waals surface area contributed by atoms with E-state index in [1.165, 1.54) is 0 Å². The number of ether oxygens (including phenoxy) is 2. The van der Waals surface area contributed by atoms with E-state index in [2.05, 4.69) is 37.6 Å². The Balaban J connectivity index is 2.32. The first-order valence-electron chi connectivity index (χ1n) is 9.27. The van der Waals surface area contributed by atoms with E-state index in [1.54, 1.807) is 21.1 Å². The Labute approximate surface area is 159 Å². The number of aryl methyl sites for hydroxylation is 1. The van der Waals surface area contributed by atoms with E-state index in [4.69, 9.17) is 9.47 Å². The smallest absolute Gasteiger partial charge is 0.223 e. The Bertz CT molecular complexity index is 1080. The fourth-order valence-electron chi connectivity index (χ4n) is 4.57. The first-order valence-corrected chi connectivity index (χ1v) is 9.27. The van der Waals surface area contributed by atoms with Crippen LogP contribution in [0.4, 0.5) is 5.69 Å². The number of amides is 1. The molecule has 4 rings (SSSR count). The van der Waals surface area contributed by atoms with Crippen molar-refractivity contribution in [3.63, 3.8) is 0 Å². The fraction of sp³-hybridized carbons (Fsp3) is 0.409. The van der Waals surface area contributed by atoms with Crippen molar-refractivity contribution in [3.8, 4) is 11.5 Å². The van der Waals surface area contributed by atoms with Gasteiger partial charge in [-0.3, -0.25) is 4.79 Å². The minimum absolute atomic E-state index is 0.0201. The molecular weight excluding hydrogens is 340 g/mol. The van der Waals surface area contributed by atoms with Crippen molar-refractivity contribution < 1.29 is 14.3 Å². The molecule has 3 aromatic rings. The van der Waals surface area contributed by atoms with Crippen molar-refractivity contribution in [2.45, 2.75) is 32.6 Å². The van der Waals surface area contributed by atoms with E-state index >= 15 is 0 Å². The Hall–Kier alpha value is -2.69. The highest BCUT2D eigenvalue weighted by molar-refractivity contribution is 6.17. The minimum Gasteiger partial charge on any atom is -0.494 e. The van der Waals surface area contributed by atoms with Crippen LogP contribution in [-0.2, 0) is 17.3 Å². The van der Waals surface area contributed by atoms with Crippen LogP contribution >= 0.6 is 0 Å². The molecule has 0 radical (unpaired) electrons. The summed E-state index contributed by atoms with van der Waals surface area (Å²) in [5.41, 5.74) is 3.87. The Morgan fingerprint density at radius 2 is 1.78 bits per heavy atom. The summed E-state index contributed by atoms with van der Waals surface area (Å²) in [5.74, 6) is 1.60. The van der Waals surface area contributed by atoms with Crippen molar-refractivity contribution in [1.82, 2.24) is 4.57 Å². The molecular formula is C22H26N2O3. The van der Waals surface area contributed by atoms with Gasteiger partial charge in [0.05, 0.1) is 30.8 Å². The number of hydrogen-bond acceptors (Lipinski definition) is 3. The maximum absolute atomic E-state index is 12.5. The molecule has 1 aliphatic rings. The fourth-order valence-corrected chi connectivity index (χ4v) is 4.57. The molecule has 0 aliphatic carbocycles. The molecule has 0 N–H and O–H groups in total. The Morgan fingerprint density at radius 3 is 2.41 bits per heavy atom. The largest absolute Gasteiger partial charge is 0.494 e. The zero-order valence-corrected chi connectivity index (χ0v) is 16.8. The highest BCUT2D eigenvalue weighted by Crippen LogP contribution is 2.55. The second-order valence-electron chi connectivity index (χ2n) is 7.89. The summed E-state index contributed by atoms with van der Waals surface area (Å²) in [6.07, 6.45) is 0.870. The van der Waals surface area contributed by atoms with Gasteiger partial charge in [0.15, 0.2) is 5.75 Å². The van der Waals surface area contributed by atoms with Crippen LogP contribution < -0.4 is 14.4 Å². The molecule has 0 atom stereocenters. The number of rotatable bonds is 2. The van der Waals surface area contributed by atoms with Gasteiger partial charge >= 0.3 is 0 Å². The summed E-state index contributed by atoms with van der Waals surface area (Å²) < 4.78 is 14.1. The van der Waals surface area contributed by atoms with E-state index in [9.17, 15) is 4.79 Å². The highest BCUT2D eigenvalue weighted by Gasteiger charge is 2.40. The zero-order valence-electron chi connectivity index (χ0n) is 16.8. The van der Waals surface area contributed by atoms with Gasteiger partial charge in [-0.05, 0) is 17.9 Å².